The monoisotopic (exact) mass is 252 g/mol. The van der Waals surface area contributed by atoms with Crippen LogP contribution in [-0.2, 0) is 9.53 Å². The van der Waals surface area contributed by atoms with Crippen LogP contribution in [-0.4, -0.2) is 23.3 Å². The highest BCUT2D eigenvalue weighted by Gasteiger charge is 2.08. The number of alkyl halides is 1. The minimum Gasteiger partial charge on any atom is -0.455 e. The second kappa shape index (κ2) is 6.62. The van der Waals surface area contributed by atoms with Crippen LogP contribution in [0.2, 0.25) is 0 Å². The van der Waals surface area contributed by atoms with Gasteiger partial charge in [0.2, 0.25) is 0 Å². The fourth-order valence-electron chi connectivity index (χ4n) is 0.561. The topological polar surface area (TPSA) is 26.3 Å². The third-order valence-corrected chi connectivity index (χ3v) is 3.52. The zero-order valence-electron chi connectivity index (χ0n) is 7.39. The number of halogens is 1. The van der Waals surface area contributed by atoms with Crippen LogP contribution in [0.4, 0.5) is 0 Å². The molecule has 0 fully saturated rings. The number of carbonyl (C=O) groups is 1. The molecule has 0 aromatic rings. The van der Waals surface area contributed by atoms with Gasteiger partial charge in [-0.15, -0.1) is 0 Å². The van der Waals surface area contributed by atoms with E-state index in [1.807, 2.05) is 6.92 Å². The molecule has 0 aliphatic heterocycles. The number of rotatable bonds is 5. The van der Waals surface area contributed by atoms with Crippen molar-refractivity contribution in [2.24, 2.45) is 0 Å². The van der Waals surface area contributed by atoms with Crippen molar-refractivity contribution in [3.8, 4) is 0 Å². The largest absolute Gasteiger partial charge is 0.455 e. The van der Waals surface area contributed by atoms with Crippen molar-refractivity contribution in [2.45, 2.75) is 19.7 Å². The zero-order valence-corrected chi connectivity index (χ0v) is 9.98. The van der Waals surface area contributed by atoms with Crippen molar-refractivity contribution in [3.05, 3.63) is 12.2 Å². The summed E-state index contributed by atoms with van der Waals surface area (Å²) >= 11 is 3.32. The van der Waals surface area contributed by atoms with Crippen LogP contribution < -0.4 is 0 Å². The molecular formula is C8H14BrO2P. The predicted octanol–water partition coefficient (Wildman–Crippen LogP) is 2.53. The molecule has 4 heteroatoms. The van der Waals surface area contributed by atoms with Crippen LogP contribution in [0.1, 0.15) is 13.8 Å². The highest BCUT2D eigenvalue weighted by molar-refractivity contribution is 9.09. The molecule has 0 aliphatic carbocycles. The van der Waals surface area contributed by atoms with Crippen LogP contribution in [0.25, 0.3) is 0 Å². The Morgan fingerprint density at radius 1 is 1.75 bits per heavy atom. The lowest BCUT2D eigenvalue weighted by molar-refractivity contribution is -0.139. The summed E-state index contributed by atoms with van der Waals surface area (Å²) in [5.74, 6) is -0.267. The van der Waals surface area contributed by atoms with E-state index < -0.39 is 0 Å². The van der Waals surface area contributed by atoms with Crippen LogP contribution in [0.5, 0.6) is 0 Å². The Hall–Kier alpha value is 0.120. The number of hydrogen-bond acceptors (Lipinski definition) is 2. The first-order valence-electron chi connectivity index (χ1n) is 3.73. The molecule has 0 bridgehead atoms. The average molecular weight is 253 g/mol. The third-order valence-electron chi connectivity index (χ3n) is 1.16. The van der Waals surface area contributed by atoms with Crippen LogP contribution >= 0.6 is 24.5 Å². The van der Waals surface area contributed by atoms with Crippen molar-refractivity contribution in [1.82, 2.24) is 0 Å². The molecule has 2 atom stereocenters. The van der Waals surface area contributed by atoms with Gasteiger partial charge in [0.15, 0.2) is 0 Å². The van der Waals surface area contributed by atoms with Gasteiger partial charge in [0.25, 0.3) is 0 Å². The van der Waals surface area contributed by atoms with E-state index in [2.05, 4.69) is 22.5 Å². The highest BCUT2D eigenvalue weighted by atomic mass is 79.9. The fraction of sp³-hybridized carbons (Fsp3) is 0.625. The van der Waals surface area contributed by atoms with Gasteiger partial charge in [-0.25, -0.2) is 4.79 Å². The summed E-state index contributed by atoms with van der Waals surface area (Å²) in [6.07, 6.45) is 1.05. The van der Waals surface area contributed by atoms with E-state index in [4.69, 9.17) is 4.74 Å². The molecule has 0 aliphatic rings. The van der Waals surface area contributed by atoms with Gasteiger partial charge in [0, 0.05) is 10.9 Å². The second-order valence-corrected chi connectivity index (χ2v) is 4.99. The number of esters is 1. The van der Waals surface area contributed by atoms with Crippen LogP contribution in [0.3, 0.4) is 0 Å². The summed E-state index contributed by atoms with van der Waals surface area (Å²) in [6.45, 7) is 7.07. The van der Waals surface area contributed by atoms with Crippen molar-refractivity contribution in [1.29, 1.82) is 0 Å². The first-order chi connectivity index (χ1) is 5.57. The van der Waals surface area contributed by atoms with E-state index >= 15 is 0 Å². The van der Waals surface area contributed by atoms with E-state index in [1.54, 1.807) is 6.92 Å². The number of ether oxygens (including phenoxy) is 1. The quantitative estimate of drug-likeness (QED) is 0.325. The van der Waals surface area contributed by atoms with E-state index in [-0.39, 0.29) is 11.8 Å². The van der Waals surface area contributed by atoms with Crippen LogP contribution in [0, 0.1) is 0 Å². The Morgan fingerprint density at radius 3 is 2.75 bits per heavy atom. The minimum absolute atomic E-state index is 0.0201. The van der Waals surface area contributed by atoms with E-state index in [0.717, 1.165) is 11.5 Å². The van der Waals surface area contributed by atoms with E-state index in [9.17, 15) is 4.79 Å². The van der Waals surface area contributed by atoms with Gasteiger partial charge >= 0.3 is 5.97 Å². The maximum absolute atomic E-state index is 11.0. The molecule has 0 amide bonds. The summed E-state index contributed by atoms with van der Waals surface area (Å²) in [6, 6.07) is 0. The Morgan fingerprint density at radius 2 is 2.33 bits per heavy atom. The van der Waals surface area contributed by atoms with Crippen molar-refractivity contribution >= 4 is 30.5 Å². The molecule has 0 heterocycles. The molecule has 0 saturated heterocycles. The lowest BCUT2D eigenvalue weighted by Gasteiger charge is -2.11. The Bertz CT molecular complexity index is 170. The third kappa shape index (κ3) is 5.73. The summed E-state index contributed by atoms with van der Waals surface area (Å²) in [5.41, 5.74) is 0.463. The van der Waals surface area contributed by atoms with Crippen molar-refractivity contribution < 1.29 is 9.53 Å². The molecule has 2 unspecified atom stereocenters. The number of carbonyl (C=O) groups excluding carboxylic acids is 1. The lowest BCUT2D eigenvalue weighted by atomic mass is 10.4. The molecule has 2 nitrogen and oxygen atoms in total. The standard InChI is InChI=1S/C8H14BrO2P/c1-6(2)8(10)11-7(3)12-5-4-9/h7,12H,1,4-5H2,2-3H3. The smallest absolute Gasteiger partial charge is 0.333 e. The Labute approximate surface area is 83.7 Å². The van der Waals surface area contributed by atoms with Crippen LogP contribution in [0.15, 0.2) is 12.2 Å². The summed E-state index contributed by atoms with van der Waals surface area (Å²) in [4.78, 5) is 11.0. The van der Waals surface area contributed by atoms with Gasteiger partial charge < -0.3 is 4.74 Å². The summed E-state index contributed by atoms with van der Waals surface area (Å²) in [7, 11) is 0.660. The molecule has 0 spiro atoms. The molecule has 12 heavy (non-hydrogen) atoms. The lowest BCUT2D eigenvalue weighted by Crippen LogP contribution is -2.11. The minimum atomic E-state index is -0.287. The van der Waals surface area contributed by atoms with E-state index in [0.29, 0.717) is 14.2 Å². The second-order valence-electron chi connectivity index (χ2n) is 2.47. The highest BCUT2D eigenvalue weighted by Crippen LogP contribution is 2.20. The fourth-order valence-corrected chi connectivity index (χ4v) is 1.95. The normalized spacial score (nSPS) is 13.2. The molecule has 0 saturated carbocycles. The van der Waals surface area contributed by atoms with Gasteiger partial charge in [-0.1, -0.05) is 31.1 Å². The molecule has 0 rings (SSSR count). The first kappa shape index (κ1) is 12.1. The molecule has 0 aromatic heterocycles. The van der Waals surface area contributed by atoms with Crippen molar-refractivity contribution in [3.63, 3.8) is 0 Å². The number of hydrogen-bond donors (Lipinski definition) is 0. The van der Waals surface area contributed by atoms with Gasteiger partial charge in [-0.3, -0.25) is 0 Å². The maximum Gasteiger partial charge on any atom is 0.333 e. The molecule has 70 valence electrons. The first-order valence-corrected chi connectivity index (χ1v) is 6.14. The van der Waals surface area contributed by atoms with Crippen molar-refractivity contribution in [2.75, 3.05) is 11.5 Å². The molecule has 0 N–H and O–H groups in total. The maximum atomic E-state index is 11.0. The van der Waals surface area contributed by atoms with Gasteiger partial charge in [0.1, 0.15) is 5.85 Å². The SMILES string of the molecule is C=C(C)C(=O)OC(C)PCCBr. The average Bonchev–Trinajstić information content (AvgIpc) is 2.00. The van der Waals surface area contributed by atoms with Gasteiger partial charge in [0.05, 0.1) is 0 Å². The molecular weight excluding hydrogens is 239 g/mol. The predicted molar refractivity (Wildman–Crippen MR) is 57.3 cm³/mol. The van der Waals surface area contributed by atoms with E-state index in [1.165, 1.54) is 0 Å². The van der Waals surface area contributed by atoms with Gasteiger partial charge in [-0.2, -0.15) is 0 Å². The Kier molecular flexibility index (Phi) is 6.68. The molecule has 0 radical (unpaired) electrons. The Balaban J connectivity index is 3.61. The zero-order chi connectivity index (χ0) is 9.56. The van der Waals surface area contributed by atoms with Gasteiger partial charge in [-0.05, 0) is 20.0 Å². The summed E-state index contributed by atoms with van der Waals surface area (Å²) < 4.78 is 5.07. The molecule has 0 aromatic carbocycles. The summed E-state index contributed by atoms with van der Waals surface area (Å²) in [5, 5.41) is 0.959.